The predicted molar refractivity (Wildman–Crippen MR) is 195 cm³/mol. The highest BCUT2D eigenvalue weighted by atomic mass is 16.3. The van der Waals surface area contributed by atoms with Gasteiger partial charge in [-0.1, -0.05) is 121 Å². The highest BCUT2D eigenvalue weighted by Crippen LogP contribution is 2.41. The number of aromatic nitrogens is 4. The van der Waals surface area contributed by atoms with E-state index in [4.69, 9.17) is 19.4 Å². The lowest BCUT2D eigenvalue weighted by molar-refractivity contribution is 0.669. The summed E-state index contributed by atoms with van der Waals surface area (Å²) in [5, 5.41) is 6.77. The Hall–Kier alpha value is -6.59. The monoisotopic (exact) mass is 614 g/mol. The van der Waals surface area contributed by atoms with E-state index in [1.807, 2.05) is 60.7 Å². The molecule has 7 aromatic carbocycles. The molecule has 5 heteroatoms. The summed E-state index contributed by atoms with van der Waals surface area (Å²) in [6.45, 7) is 0. The Bertz CT molecular complexity index is 2720. The zero-order valence-electron chi connectivity index (χ0n) is 25.7. The Morgan fingerprint density at radius 1 is 0.396 bits per heavy atom. The van der Waals surface area contributed by atoms with Crippen LogP contribution in [0.4, 0.5) is 0 Å². The van der Waals surface area contributed by atoms with E-state index in [0.717, 1.165) is 55.1 Å². The topological polar surface area (TPSA) is 56.7 Å². The van der Waals surface area contributed by atoms with Crippen molar-refractivity contribution in [1.82, 2.24) is 19.5 Å². The van der Waals surface area contributed by atoms with Crippen LogP contribution in [-0.4, -0.2) is 19.5 Å². The van der Waals surface area contributed by atoms with Crippen molar-refractivity contribution in [2.24, 2.45) is 0 Å². The van der Waals surface area contributed by atoms with E-state index in [1.165, 1.54) is 21.8 Å². The first-order chi connectivity index (χ1) is 23.8. The second kappa shape index (κ2) is 10.5. The lowest BCUT2D eigenvalue weighted by Gasteiger charge is -2.11. The molecule has 0 saturated carbocycles. The summed E-state index contributed by atoms with van der Waals surface area (Å²) >= 11 is 0. The summed E-state index contributed by atoms with van der Waals surface area (Å²) in [7, 11) is 0. The lowest BCUT2D eigenvalue weighted by Crippen LogP contribution is -2.00. The number of hydrogen-bond donors (Lipinski definition) is 0. The summed E-state index contributed by atoms with van der Waals surface area (Å²) in [6, 6.07) is 54.4. The Balaban J connectivity index is 1.22. The average molecular weight is 615 g/mol. The summed E-state index contributed by atoms with van der Waals surface area (Å²) in [5.41, 5.74) is 7.78. The molecule has 0 aliphatic carbocycles. The third-order valence-corrected chi connectivity index (χ3v) is 9.24. The molecule has 0 amide bonds. The molecule has 0 unspecified atom stereocenters. The molecule has 0 aliphatic rings. The minimum Gasteiger partial charge on any atom is -0.456 e. The normalized spacial score (nSPS) is 11.8. The van der Waals surface area contributed by atoms with Crippen LogP contribution in [0.3, 0.4) is 0 Å². The molecule has 0 saturated heterocycles. The van der Waals surface area contributed by atoms with Crippen molar-refractivity contribution >= 4 is 54.5 Å². The molecule has 3 aromatic heterocycles. The first-order valence-electron chi connectivity index (χ1n) is 16.0. The zero-order valence-corrected chi connectivity index (χ0v) is 25.7. The van der Waals surface area contributed by atoms with Crippen molar-refractivity contribution < 1.29 is 4.42 Å². The predicted octanol–water partition coefficient (Wildman–Crippen LogP) is 11.0. The van der Waals surface area contributed by atoms with Crippen molar-refractivity contribution in [3.05, 3.63) is 158 Å². The third kappa shape index (κ3) is 4.08. The molecular formula is C43H26N4O. The minimum absolute atomic E-state index is 0.604. The van der Waals surface area contributed by atoms with Gasteiger partial charge in [0.15, 0.2) is 17.5 Å². The maximum Gasteiger partial charge on any atom is 0.164 e. The lowest BCUT2D eigenvalue weighted by atomic mass is 9.98. The van der Waals surface area contributed by atoms with Crippen LogP contribution in [0.25, 0.3) is 94.4 Å². The number of fused-ring (bicyclic) bond motifs is 8. The molecule has 3 heterocycles. The molecule has 0 aliphatic heterocycles. The van der Waals surface area contributed by atoms with Crippen LogP contribution in [-0.2, 0) is 0 Å². The number of benzene rings is 7. The molecule has 10 aromatic rings. The first kappa shape index (κ1) is 26.6. The van der Waals surface area contributed by atoms with Gasteiger partial charge in [0.25, 0.3) is 0 Å². The van der Waals surface area contributed by atoms with Crippen LogP contribution < -0.4 is 0 Å². The molecule has 5 nitrogen and oxygen atoms in total. The molecule has 48 heavy (non-hydrogen) atoms. The van der Waals surface area contributed by atoms with Crippen LogP contribution in [0.1, 0.15) is 0 Å². The SMILES string of the molecule is c1ccc(-c2nc(-c3ccccc3)nc(-c3cc4oc5cc(-n6c7ccccc7c7ccccc76)ccc5c4c4ccccc34)n2)cc1. The first-order valence-corrected chi connectivity index (χ1v) is 16.0. The van der Waals surface area contributed by atoms with Gasteiger partial charge in [0, 0.05) is 50.0 Å². The molecule has 0 N–H and O–H groups in total. The van der Waals surface area contributed by atoms with Crippen molar-refractivity contribution in [2.45, 2.75) is 0 Å². The van der Waals surface area contributed by atoms with Crippen LogP contribution in [0.5, 0.6) is 0 Å². The fraction of sp³-hybridized carbons (Fsp3) is 0. The third-order valence-electron chi connectivity index (χ3n) is 9.24. The van der Waals surface area contributed by atoms with Crippen molar-refractivity contribution in [1.29, 1.82) is 0 Å². The fourth-order valence-electron chi connectivity index (χ4n) is 7.08. The Morgan fingerprint density at radius 2 is 0.917 bits per heavy atom. The average Bonchev–Trinajstić information content (AvgIpc) is 3.70. The number of para-hydroxylation sites is 2. The molecule has 0 spiro atoms. The smallest absolute Gasteiger partial charge is 0.164 e. The maximum absolute atomic E-state index is 6.73. The van der Waals surface area contributed by atoms with E-state index in [9.17, 15) is 0 Å². The highest BCUT2D eigenvalue weighted by Gasteiger charge is 2.20. The molecule has 0 fully saturated rings. The fourth-order valence-corrected chi connectivity index (χ4v) is 7.08. The van der Waals surface area contributed by atoms with Crippen molar-refractivity contribution in [3.8, 4) is 39.9 Å². The Kier molecular flexibility index (Phi) is 5.81. The van der Waals surface area contributed by atoms with E-state index < -0.39 is 0 Å². The van der Waals surface area contributed by atoms with Gasteiger partial charge >= 0.3 is 0 Å². The van der Waals surface area contributed by atoms with E-state index in [0.29, 0.717) is 17.5 Å². The molecule has 0 atom stereocenters. The summed E-state index contributed by atoms with van der Waals surface area (Å²) in [6.07, 6.45) is 0. The number of furan rings is 1. The number of nitrogens with zero attached hydrogens (tertiary/aromatic N) is 4. The quantitative estimate of drug-likeness (QED) is 0.198. The Morgan fingerprint density at radius 3 is 1.54 bits per heavy atom. The van der Waals surface area contributed by atoms with Gasteiger partial charge in [-0.05, 0) is 41.1 Å². The summed E-state index contributed by atoms with van der Waals surface area (Å²) in [4.78, 5) is 15.0. The highest BCUT2D eigenvalue weighted by molar-refractivity contribution is 6.22. The van der Waals surface area contributed by atoms with Gasteiger partial charge in [-0.2, -0.15) is 0 Å². The van der Waals surface area contributed by atoms with Crippen molar-refractivity contribution in [3.63, 3.8) is 0 Å². The Labute approximate surface area is 275 Å². The van der Waals surface area contributed by atoms with Gasteiger partial charge < -0.3 is 8.98 Å². The molecule has 0 bridgehead atoms. The standard InChI is InChI=1S/C43H26N4O/c1-3-13-27(14-4-1)41-44-42(28-15-5-2-6-16-28)46-43(45-41)35-26-39-40(33-20-8-7-17-30(33)35)34-24-23-29(25-38(34)48-39)47-36-21-11-9-18-31(36)32-19-10-12-22-37(32)47/h1-26H. The van der Waals surface area contributed by atoms with Crippen molar-refractivity contribution in [2.75, 3.05) is 0 Å². The van der Waals surface area contributed by atoms with Gasteiger partial charge in [0.2, 0.25) is 0 Å². The summed E-state index contributed by atoms with van der Waals surface area (Å²) in [5.74, 6) is 1.86. The second-order valence-corrected chi connectivity index (χ2v) is 12.0. The van der Waals surface area contributed by atoms with E-state index in [-0.39, 0.29) is 0 Å². The maximum atomic E-state index is 6.73. The summed E-state index contributed by atoms with van der Waals surface area (Å²) < 4.78 is 9.05. The molecule has 224 valence electrons. The van der Waals surface area contributed by atoms with E-state index in [1.54, 1.807) is 0 Å². The van der Waals surface area contributed by atoms with Gasteiger partial charge in [-0.3, -0.25) is 0 Å². The largest absolute Gasteiger partial charge is 0.456 e. The van der Waals surface area contributed by atoms with Gasteiger partial charge in [-0.25, -0.2) is 15.0 Å². The van der Waals surface area contributed by atoms with Gasteiger partial charge in [0.05, 0.1) is 11.0 Å². The van der Waals surface area contributed by atoms with Gasteiger partial charge in [-0.15, -0.1) is 0 Å². The second-order valence-electron chi connectivity index (χ2n) is 12.0. The van der Waals surface area contributed by atoms with Crippen LogP contribution in [0.15, 0.2) is 162 Å². The molecule has 10 rings (SSSR count). The van der Waals surface area contributed by atoms with Gasteiger partial charge in [0.1, 0.15) is 11.2 Å². The zero-order chi connectivity index (χ0) is 31.6. The molecule has 0 radical (unpaired) electrons. The van der Waals surface area contributed by atoms with Crippen LogP contribution >= 0.6 is 0 Å². The number of rotatable bonds is 4. The van der Waals surface area contributed by atoms with E-state index >= 15 is 0 Å². The number of hydrogen-bond acceptors (Lipinski definition) is 4. The van der Waals surface area contributed by atoms with Crippen LogP contribution in [0.2, 0.25) is 0 Å². The van der Waals surface area contributed by atoms with E-state index in [2.05, 4.69) is 102 Å². The minimum atomic E-state index is 0.604. The van der Waals surface area contributed by atoms with Crippen LogP contribution in [0, 0.1) is 0 Å². The molecular weight excluding hydrogens is 589 g/mol.